The van der Waals surface area contributed by atoms with Crippen molar-refractivity contribution in [3.05, 3.63) is 64.7 Å². The molecular formula is C16H17ClN2O. The highest BCUT2D eigenvalue weighted by Gasteiger charge is 2.20. The molecule has 0 heterocycles. The van der Waals surface area contributed by atoms with Crippen molar-refractivity contribution in [2.75, 3.05) is 11.9 Å². The molecule has 4 heteroatoms. The van der Waals surface area contributed by atoms with Crippen molar-refractivity contribution in [3.8, 4) is 0 Å². The van der Waals surface area contributed by atoms with E-state index < -0.39 is 0 Å². The summed E-state index contributed by atoms with van der Waals surface area (Å²) in [6.45, 7) is 2.15. The number of nitrogens with one attached hydrogen (secondary N) is 1. The number of carbonyl (C=O) groups is 1. The Morgan fingerprint density at radius 3 is 2.50 bits per heavy atom. The molecule has 104 valence electrons. The zero-order valence-corrected chi connectivity index (χ0v) is 12.0. The van der Waals surface area contributed by atoms with Crippen molar-refractivity contribution in [3.63, 3.8) is 0 Å². The Hall–Kier alpha value is -1.84. The molecule has 2 rings (SSSR count). The van der Waals surface area contributed by atoms with E-state index in [1.165, 1.54) is 0 Å². The first-order chi connectivity index (χ1) is 9.63. The second kappa shape index (κ2) is 6.55. The third kappa shape index (κ3) is 3.18. The third-order valence-electron chi connectivity index (χ3n) is 3.22. The van der Waals surface area contributed by atoms with E-state index in [4.69, 9.17) is 17.3 Å². The fraction of sp³-hybridized carbons (Fsp3) is 0.188. The maximum absolute atomic E-state index is 12.4. The molecule has 1 atom stereocenters. The van der Waals surface area contributed by atoms with Crippen molar-refractivity contribution in [2.24, 2.45) is 5.73 Å². The minimum absolute atomic E-state index is 0.144. The van der Waals surface area contributed by atoms with Crippen LogP contribution in [0.3, 0.4) is 0 Å². The van der Waals surface area contributed by atoms with E-state index >= 15 is 0 Å². The lowest BCUT2D eigenvalue weighted by atomic mass is 9.98. The Balaban J connectivity index is 2.23. The number of nitrogens with two attached hydrogens (primary N) is 1. The molecule has 0 aliphatic rings. The van der Waals surface area contributed by atoms with Gasteiger partial charge >= 0.3 is 0 Å². The molecule has 2 aromatic carbocycles. The quantitative estimate of drug-likeness (QED) is 0.907. The molecule has 0 aliphatic heterocycles. The summed E-state index contributed by atoms with van der Waals surface area (Å²) >= 11 is 6.12. The maximum Gasteiger partial charge on any atom is 0.233 e. The highest BCUT2D eigenvalue weighted by atomic mass is 35.5. The Kier molecular flexibility index (Phi) is 4.77. The van der Waals surface area contributed by atoms with E-state index in [-0.39, 0.29) is 18.4 Å². The SMILES string of the molecule is Cc1cccc(Cl)c1NC(=O)C(CN)c1ccccc1. The van der Waals surface area contributed by atoms with E-state index in [0.29, 0.717) is 10.7 Å². The normalized spacial score (nSPS) is 11.9. The first-order valence-electron chi connectivity index (χ1n) is 6.44. The molecule has 0 saturated heterocycles. The molecule has 20 heavy (non-hydrogen) atoms. The number of para-hydroxylation sites is 1. The van der Waals surface area contributed by atoms with Gasteiger partial charge in [-0.3, -0.25) is 4.79 Å². The minimum atomic E-state index is -0.383. The predicted octanol–water partition coefficient (Wildman–Crippen LogP) is 3.33. The Labute approximate surface area is 123 Å². The van der Waals surface area contributed by atoms with Gasteiger partial charge in [-0.2, -0.15) is 0 Å². The third-order valence-corrected chi connectivity index (χ3v) is 3.54. The Bertz CT molecular complexity index is 578. The Morgan fingerprint density at radius 1 is 1.20 bits per heavy atom. The number of halogens is 1. The van der Waals surface area contributed by atoms with Crippen LogP contribution in [0.1, 0.15) is 17.0 Å². The first-order valence-corrected chi connectivity index (χ1v) is 6.82. The van der Waals surface area contributed by atoms with Crippen LogP contribution < -0.4 is 11.1 Å². The van der Waals surface area contributed by atoms with Gasteiger partial charge in [-0.05, 0) is 24.1 Å². The number of rotatable bonds is 4. The molecule has 0 saturated carbocycles. The summed E-state index contributed by atoms with van der Waals surface area (Å²) in [7, 11) is 0. The molecule has 3 N–H and O–H groups in total. The van der Waals surface area contributed by atoms with Crippen LogP contribution in [0.2, 0.25) is 5.02 Å². The average molecular weight is 289 g/mol. The maximum atomic E-state index is 12.4. The lowest BCUT2D eigenvalue weighted by Gasteiger charge is -2.17. The van der Waals surface area contributed by atoms with Gasteiger partial charge in [0, 0.05) is 6.54 Å². The van der Waals surface area contributed by atoms with Crippen molar-refractivity contribution in [1.82, 2.24) is 0 Å². The number of hydrogen-bond acceptors (Lipinski definition) is 2. The number of benzene rings is 2. The molecule has 0 radical (unpaired) electrons. The molecule has 0 aromatic heterocycles. The van der Waals surface area contributed by atoms with Gasteiger partial charge in [0.2, 0.25) is 5.91 Å². The topological polar surface area (TPSA) is 55.1 Å². The van der Waals surface area contributed by atoms with Crippen LogP contribution in [0.5, 0.6) is 0 Å². The van der Waals surface area contributed by atoms with E-state index in [1.54, 1.807) is 6.07 Å². The second-order valence-corrected chi connectivity index (χ2v) is 5.03. The van der Waals surface area contributed by atoms with Crippen LogP contribution in [0.4, 0.5) is 5.69 Å². The number of anilines is 1. The van der Waals surface area contributed by atoms with Gasteiger partial charge in [-0.25, -0.2) is 0 Å². The monoisotopic (exact) mass is 288 g/mol. The summed E-state index contributed by atoms with van der Waals surface area (Å²) in [5.41, 5.74) is 8.21. The highest BCUT2D eigenvalue weighted by molar-refractivity contribution is 6.34. The van der Waals surface area contributed by atoms with Crippen molar-refractivity contribution < 1.29 is 4.79 Å². The van der Waals surface area contributed by atoms with Crippen LogP contribution in [0.15, 0.2) is 48.5 Å². The summed E-state index contributed by atoms with van der Waals surface area (Å²) in [5.74, 6) is -0.526. The molecule has 3 nitrogen and oxygen atoms in total. The fourth-order valence-electron chi connectivity index (χ4n) is 2.08. The molecule has 0 bridgehead atoms. The predicted molar refractivity (Wildman–Crippen MR) is 83.1 cm³/mol. The van der Waals surface area contributed by atoms with Crippen molar-refractivity contribution in [1.29, 1.82) is 0 Å². The summed E-state index contributed by atoms with van der Waals surface area (Å²) in [6.07, 6.45) is 0. The van der Waals surface area contributed by atoms with Crippen LogP contribution in [0, 0.1) is 6.92 Å². The van der Waals surface area contributed by atoms with E-state index in [1.807, 2.05) is 49.4 Å². The molecule has 0 fully saturated rings. The average Bonchev–Trinajstić information content (AvgIpc) is 2.45. The fourth-order valence-corrected chi connectivity index (χ4v) is 2.35. The molecule has 1 unspecified atom stereocenters. The van der Waals surface area contributed by atoms with Gasteiger partial charge in [0.25, 0.3) is 0 Å². The summed E-state index contributed by atoms with van der Waals surface area (Å²) in [5, 5.41) is 3.41. The van der Waals surface area contributed by atoms with E-state index in [0.717, 1.165) is 11.1 Å². The molecule has 1 amide bonds. The zero-order chi connectivity index (χ0) is 14.5. The molecular weight excluding hydrogens is 272 g/mol. The van der Waals surface area contributed by atoms with Gasteiger partial charge in [0.1, 0.15) is 0 Å². The van der Waals surface area contributed by atoms with Gasteiger partial charge in [0.15, 0.2) is 0 Å². The van der Waals surface area contributed by atoms with Gasteiger partial charge in [0.05, 0.1) is 16.6 Å². The standard InChI is InChI=1S/C16H17ClN2O/c1-11-6-5-9-14(17)15(11)19-16(20)13(10-18)12-7-3-2-4-8-12/h2-9,13H,10,18H2,1H3,(H,19,20). The van der Waals surface area contributed by atoms with Gasteiger partial charge in [-0.1, -0.05) is 54.1 Å². The summed E-state index contributed by atoms with van der Waals surface area (Å²) < 4.78 is 0. The van der Waals surface area contributed by atoms with Gasteiger partial charge in [-0.15, -0.1) is 0 Å². The number of carbonyl (C=O) groups excluding carboxylic acids is 1. The van der Waals surface area contributed by atoms with Crippen molar-refractivity contribution in [2.45, 2.75) is 12.8 Å². The van der Waals surface area contributed by atoms with Gasteiger partial charge < -0.3 is 11.1 Å². The van der Waals surface area contributed by atoms with Crippen LogP contribution >= 0.6 is 11.6 Å². The molecule has 2 aromatic rings. The number of aryl methyl sites for hydroxylation is 1. The lowest BCUT2D eigenvalue weighted by Crippen LogP contribution is -2.27. The van der Waals surface area contributed by atoms with Crippen LogP contribution in [-0.4, -0.2) is 12.5 Å². The molecule has 0 aliphatic carbocycles. The smallest absolute Gasteiger partial charge is 0.233 e. The Morgan fingerprint density at radius 2 is 1.90 bits per heavy atom. The van der Waals surface area contributed by atoms with E-state index in [9.17, 15) is 4.79 Å². The lowest BCUT2D eigenvalue weighted by molar-refractivity contribution is -0.117. The summed E-state index contributed by atoms with van der Waals surface area (Å²) in [6, 6.07) is 15.0. The highest BCUT2D eigenvalue weighted by Crippen LogP contribution is 2.27. The number of amides is 1. The number of hydrogen-bond donors (Lipinski definition) is 2. The zero-order valence-electron chi connectivity index (χ0n) is 11.3. The second-order valence-electron chi connectivity index (χ2n) is 4.62. The minimum Gasteiger partial charge on any atom is -0.329 e. The summed E-state index contributed by atoms with van der Waals surface area (Å²) in [4.78, 5) is 12.4. The van der Waals surface area contributed by atoms with Crippen LogP contribution in [-0.2, 0) is 4.79 Å². The van der Waals surface area contributed by atoms with Crippen LogP contribution in [0.25, 0.3) is 0 Å². The van der Waals surface area contributed by atoms with Crippen molar-refractivity contribution >= 4 is 23.2 Å². The van der Waals surface area contributed by atoms with E-state index in [2.05, 4.69) is 5.32 Å². The largest absolute Gasteiger partial charge is 0.329 e. The molecule has 0 spiro atoms. The first kappa shape index (κ1) is 14.6.